The molecule has 0 aliphatic rings. The second kappa shape index (κ2) is 13.9. The molecule has 0 unspecified atom stereocenters. The fourth-order valence-corrected chi connectivity index (χ4v) is 4.42. The molecule has 35 heavy (non-hydrogen) atoms. The summed E-state index contributed by atoms with van der Waals surface area (Å²) in [5, 5.41) is 24.6. The van der Waals surface area contributed by atoms with E-state index < -0.39 is 18.5 Å². The second-order valence-electron chi connectivity index (χ2n) is 7.12. The van der Waals surface area contributed by atoms with Gasteiger partial charge in [-0.05, 0) is 49.5 Å². The molecule has 2 aromatic carbocycles. The number of thiazole rings is 1. The van der Waals surface area contributed by atoms with E-state index in [1.807, 2.05) is 6.07 Å². The van der Waals surface area contributed by atoms with Crippen molar-refractivity contribution >= 4 is 68.8 Å². The molecule has 12 heteroatoms. The number of hydrogen-bond donors (Lipinski definition) is 3. The van der Waals surface area contributed by atoms with Gasteiger partial charge in [0.15, 0.2) is 3.95 Å². The minimum absolute atomic E-state index is 0. The third kappa shape index (κ3) is 8.53. The molecule has 3 N–H and O–H groups in total. The van der Waals surface area contributed by atoms with Crippen LogP contribution in [-0.2, 0) is 19.1 Å². The zero-order chi connectivity index (χ0) is 24.7. The Hall–Kier alpha value is -2.06. The molecule has 0 bridgehead atoms. The number of benzene rings is 2. The Labute approximate surface area is 253 Å². The monoisotopic (exact) mass is 539 g/mol. The van der Waals surface area contributed by atoms with E-state index in [1.165, 1.54) is 22.3 Å². The number of amides is 1. The normalized spacial score (nSPS) is 10.9. The first-order chi connectivity index (χ1) is 16.3. The molecule has 0 spiro atoms. The first-order valence-electron chi connectivity index (χ1n) is 10.3. The van der Waals surface area contributed by atoms with Gasteiger partial charge in [-0.25, -0.2) is 4.79 Å². The van der Waals surface area contributed by atoms with Crippen molar-refractivity contribution in [1.29, 1.82) is 0 Å². The molecule has 9 nitrogen and oxygen atoms in total. The van der Waals surface area contributed by atoms with Gasteiger partial charge in [0, 0.05) is 29.9 Å². The molecule has 3 rings (SSSR count). The number of para-hydroxylation sites is 1. The van der Waals surface area contributed by atoms with E-state index in [1.54, 1.807) is 37.3 Å². The number of ether oxygens (including phenoxy) is 1. The van der Waals surface area contributed by atoms with E-state index in [-0.39, 0.29) is 88.2 Å². The minimum atomic E-state index is -1.36. The quantitative estimate of drug-likeness (QED) is 0.108. The van der Waals surface area contributed by atoms with Crippen LogP contribution in [0.5, 0.6) is 0 Å². The van der Waals surface area contributed by atoms with Crippen molar-refractivity contribution < 1.29 is 80.7 Å². The number of rotatable bonds is 10. The van der Waals surface area contributed by atoms with Crippen LogP contribution in [0.25, 0.3) is 16.0 Å². The molecule has 1 aromatic heterocycles. The molecule has 0 radical (unpaired) electrons. The molecule has 0 saturated carbocycles. The van der Waals surface area contributed by atoms with Crippen molar-refractivity contribution in [3.63, 3.8) is 0 Å². The molecule has 178 valence electrons. The van der Waals surface area contributed by atoms with E-state index in [9.17, 15) is 24.6 Å². The fraction of sp³-hybridized carbons (Fsp3) is 0.217. The number of H-pyrrole nitrogens is 1. The Balaban J connectivity index is 0.00000432. The van der Waals surface area contributed by atoms with Crippen molar-refractivity contribution in [2.75, 3.05) is 29.9 Å². The number of carboxylic acids is 1. The second-order valence-corrected chi connectivity index (χ2v) is 8.83. The number of esters is 1. The zero-order valence-electron chi connectivity index (χ0n) is 19.2. The van der Waals surface area contributed by atoms with Crippen LogP contribution in [0.4, 0.5) is 11.4 Å². The Bertz CT molecular complexity index is 1300. The number of anilines is 2. The number of aromatic nitrogens is 1. The van der Waals surface area contributed by atoms with E-state index in [0.29, 0.717) is 15.3 Å². The van der Waals surface area contributed by atoms with Crippen LogP contribution in [-0.4, -0.2) is 47.6 Å². The number of nitrogens with one attached hydrogen (secondary N) is 2. The molecule has 0 aliphatic heterocycles. The number of hydrogen-bond acceptors (Lipinski definition) is 9. The van der Waals surface area contributed by atoms with Gasteiger partial charge in [-0.2, -0.15) is 0 Å². The van der Waals surface area contributed by atoms with E-state index in [2.05, 4.69) is 10.3 Å². The first-order valence-corrected chi connectivity index (χ1v) is 11.5. The fourth-order valence-electron chi connectivity index (χ4n) is 3.26. The van der Waals surface area contributed by atoms with Gasteiger partial charge in [0.2, 0.25) is 5.91 Å². The largest absolute Gasteiger partial charge is 1.00 e. The molecule has 1 heterocycles. The average molecular weight is 540 g/mol. The Morgan fingerprint density at radius 3 is 2.71 bits per heavy atom. The number of aromatic amines is 1. The van der Waals surface area contributed by atoms with Crippen LogP contribution in [0.2, 0.25) is 0 Å². The van der Waals surface area contributed by atoms with Gasteiger partial charge < -0.3 is 34.9 Å². The summed E-state index contributed by atoms with van der Waals surface area (Å²) >= 11 is 6.52. The number of carbonyl (C=O) groups is 3. The van der Waals surface area contributed by atoms with Gasteiger partial charge in [-0.3, -0.25) is 4.79 Å². The van der Waals surface area contributed by atoms with Crippen LogP contribution in [0, 0.1) is 3.95 Å². The molecule has 0 saturated heterocycles. The first kappa shape index (κ1) is 29.2. The van der Waals surface area contributed by atoms with E-state index >= 15 is 0 Å². The van der Waals surface area contributed by atoms with Crippen LogP contribution in [0.15, 0.2) is 48.5 Å². The Kier molecular flexibility index (Phi) is 11.6. The summed E-state index contributed by atoms with van der Waals surface area (Å²) < 4.78 is 6.35. The Morgan fingerprint density at radius 1 is 1.26 bits per heavy atom. The van der Waals surface area contributed by atoms with Crippen LogP contribution < -0.4 is 66.7 Å². The third-order valence-electron chi connectivity index (χ3n) is 4.70. The summed E-state index contributed by atoms with van der Waals surface area (Å²) in [4.78, 5) is 40.1. The summed E-state index contributed by atoms with van der Waals surface area (Å²) in [7, 11) is 0. The zero-order valence-corrected chi connectivity index (χ0v) is 24.0. The number of carboxylic acid groups (broad SMARTS) is 1. The minimum Gasteiger partial charge on any atom is -0.548 e. The topological polar surface area (TPSA) is 135 Å². The van der Waals surface area contributed by atoms with E-state index in [0.717, 1.165) is 16.3 Å². The number of fused-ring (bicyclic) bond motifs is 1. The molecule has 0 aliphatic carbocycles. The molecular weight excluding hydrogens is 518 g/mol. The summed E-state index contributed by atoms with van der Waals surface area (Å²) in [6.07, 6.45) is 0.878. The molecule has 3 aromatic rings. The van der Waals surface area contributed by atoms with Crippen LogP contribution in [0.1, 0.15) is 18.9 Å². The summed E-state index contributed by atoms with van der Waals surface area (Å²) in [6.45, 7) is 1.28. The average Bonchev–Trinajstić information content (AvgIpc) is 3.15. The van der Waals surface area contributed by atoms with Gasteiger partial charge >= 0.3 is 57.4 Å². The van der Waals surface area contributed by atoms with E-state index in [4.69, 9.17) is 17.0 Å². The van der Waals surface area contributed by atoms with Gasteiger partial charge in [-0.1, -0.05) is 12.1 Å². The maximum absolute atomic E-state index is 12.6. The van der Waals surface area contributed by atoms with Crippen molar-refractivity contribution in [1.82, 2.24) is 4.98 Å². The summed E-state index contributed by atoms with van der Waals surface area (Å²) in [6, 6.07) is 11.8. The summed E-state index contributed by atoms with van der Waals surface area (Å²) in [5.74, 6) is -2.80. The maximum Gasteiger partial charge on any atom is 1.00 e. The third-order valence-corrected chi connectivity index (χ3v) is 5.89. The van der Waals surface area contributed by atoms with Gasteiger partial charge in [0.25, 0.3) is 0 Å². The summed E-state index contributed by atoms with van der Waals surface area (Å²) in [5.41, 5.74) is 2.01. The van der Waals surface area contributed by atoms with Crippen LogP contribution in [0.3, 0.4) is 0 Å². The molecule has 0 atom stereocenters. The number of aliphatic hydroxyl groups excluding tert-OH is 1. The van der Waals surface area contributed by atoms with Crippen molar-refractivity contribution in [3.05, 3.63) is 58.1 Å². The van der Waals surface area contributed by atoms with Crippen LogP contribution >= 0.6 is 23.6 Å². The molecule has 1 amide bonds. The molecular formula is C23H22KN3O6S2. The smallest absolute Gasteiger partial charge is 0.548 e. The van der Waals surface area contributed by atoms with Gasteiger partial charge in [-0.15, -0.1) is 11.3 Å². The SMILES string of the molecule is CCOC(=O)/C=C(\O)c1ccccc1N(CCC(=O)Nc1ccc2[nH]c(=S)sc2c1)CC(=O)[O-].[K+]. The number of carbonyl (C=O) groups excluding carboxylic acids is 3. The maximum atomic E-state index is 12.6. The van der Waals surface area contributed by atoms with Crippen molar-refractivity contribution in [2.24, 2.45) is 0 Å². The van der Waals surface area contributed by atoms with Gasteiger partial charge in [0.1, 0.15) is 5.76 Å². The van der Waals surface area contributed by atoms with Crippen molar-refractivity contribution in [2.45, 2.75) is 13.3 Å². The Morgan fingerprint density at radius 2 is 2.00 bits per heavy atom. The number of nitrogens with zero attached hydrogens (tertiary/aromatic N) is 1. The predicted octanol–water partition coefficient (Wildman–Crippen LogP) is 0.00999. The predicted molar refractivity (Wildman–Crippen MR) is 131 cm³/mol. The van der Waals surface area contributed by atoms with Gasteiger partial charge in [0.05, 0.1) is 35.4 Å². The number of aliphatic hydroxyl groups is 1. The molecule has 0 fully saturated rings. The standard InChI is InChI=1S/C23H23N3O6S2.K/c1-2-32-22(31)12-18(27)15-5-3-4-6-17(15)26(13-21(29)30)10-9-20(28)24-14-7-8-16-19(11-14)34-23(33)25-16;/h3-8,11-12,27H,2,9-10,13H2,1H3,(H,24,28)(H,25,33)(H,29,30);/q;+1/p-1/b18-12-;. The number of aliphatic carboxylic acids is 1. The van der Waals surface area contributed by atoms with Crippen molar-refractivity contribution in [3.8, 4) is 0 Å².